The Labute approximate surface area is 105 Å². The van der Waals surface area contributed by atoms with E-state index in [9.17, 15) is 5.11 Å². The van der Waals surface area contributed by atoms with Crippen molar-refractivity contribution < 1.29 is 5.11 Å². The molecule has 0 radical (unpaired) electrons. The largest absolute Gasteiger partial charge is 0.393 e. The second kappa shape index (κ2) is 4.24. The predicted molar refractivity (Wildman–Crippen MR) is 69.8 cm³/mol. The van der Waals surface area contributed by atoms with E-state index in [0.29, 0.717) is 5.54 Å². The van der Waals surface area contributed by atoms with E-state index in [1.54, 1.807) is 0 Å². The highest BCUT2D eigenvalue weighted by Crippen LogP contribution is 2.57. The number of aliphatic hydroxyl groups is 1. The molecule has 0 aliphatic heterocycles. The van der Waals surface area contributed by atoms with Gasteiger partial charge in [0.25, 0.3) is 0 Å². The maximum absolute atomic E-state index is 9.46. The molecule has 0 saturated heterocycles. The van der Waals surface area contributed by atoms with Crippen LogP contribution >= 0.6 is 0 Å². The summed E-state index contributed by atoms with van der Waals surface area (Å²) in [6.45, 7) is 2.98. The minimum atomic E-state index is -0.147. The maximum Gasteiger partial charge on any atom is 0.0524 e. The molecule has 4 aliphatic carbocycles. The molecule has 2 nitrogen and oxygen atoms in total. The summed E-state index contributed by atoms with van der Waals surface area (Å²) in [4.78, 5) is 2.60. The topological polar surface area (TPSA) is 23.5 Å². The monoisotopic (exact) mass is 237 g/mol. The van der Waals surface area contributed by atoms with Crippen LogP contribution in [0.3, 0.4) is 0 Å². The van der Waals surface area contributed by atoms with Crippen LogP contribution in [0.4, 0.5) is 0 Å². The second-order valence-corrected chi connectivity index (χ2v) is 7.20. The first-order valence-electron chi connectivity index (χ1n) is 7.47. The lowest BCUT2D eigenvalue weighted by Crippen LogP contribution is -2.59. The molecule has 0 spiro atoms. The zero-order valence-electron chi connectivity index (χ0n) is 11.4. The Bertz CT molecular complexity index is 251. The molecule has 1 N–H and O–H groups in total. The molecule has 4 bridgehead atoms. The Morgan fingerprint density at radius 1 is 1.12 bits per heavy atom. The molecule has 2 heteroatoms. The number of rotatable bonds is 4. The zero-order valence-corrected chi connectivity index (χ0v) is 11.4. The SMILES string of the molecule is CC(O)CCN(C)C12CC3CC(CC(C3)C1)C2. The molecule has 1 atom stereocenters. The van der Waals surface area contributed by atoms with Crippen molar-refractivity contribution in [3.05, 3.63) is 0 Å². The van der Waals surface area contributed by atoms with Crippen LogP contribution in [0.1, 0.15) is 51.9 Å². The van der Waals surface area contributed by atoms with E-state index in [1.165, 1.54) is 38.5 Å². The summed E-state index contributed by atoms with van der Waals surface area (Å²) in [6.07, 6.45) is 9.65. The molecule has 0 aromatic carbocycles. The van der Waals surface area contributed by atoms with Crippen molar-refractivity contribution in [1.82, 2.24) is 4.90 Å². The van der Waals surface area contributed by atoms with Gasteiger partial charge >= 0.3 is 0 Å². The fraction of sp³-hybridized carbons (Fsp3) is 1.00. The van der Waals surface area contributed by atoms with E-state index in [-0.39, 0.29) is 6.10 Å². The average Bonchev–Trinajstić information content (AvgIpc) is 2.23. The highest BCUT2D eigenvalue weighted by atomic mass is 16.3. The number of nitrogens with zero attached hydrogens (tertiary/aromatic N) is 1. The first kappa shape index (κ1) is 12.0. The Balaban J connectivity index is 1.68. The van der Waals surface area contributed by atoms with Gasteiger partial charge in [0.2, 0.25) is 0 Å². The molecule has 0 amide bonds. The summed E-state index contributed by atoms with van der Waals surface area (Å²) in [5.74, 6) is 3.07. The van der Waals surface area contributed by atoms with Crippen LogP contribution in [-0.2, 0) is 0 Å². The maximum atomic E-state index is 9.46. The number of aliphatic hydroxyl groups excluding tert-OH is 1. The van der Waals surface area contributed by atoms with Gasteiger partial charge in [-0.3, -0.25) is 0 Å². The van der Waals surface area contributed by atoms with Crippen LogP contribution in [-0.4, -0.2) is 35.2 Å². The summed E-state index contributed by atoms with van der Waals surface area (Å²) in [6, 6.07) is 0. The average molecular weight is 237 g/mol. The molecule has 4 aliphatic rings. The van der Waals surface area contributed by atoms with Gasteiger partial charge in [-0.2, -0.15) is 0 Å². The summed E-state index contributed by atoms with van der Waals surface area (Å²) in [5, 5.41) is 9.46. The lowest BCUT2D eigenvalue weighted by molar-refractivity contribution is -0.0811. The van der Waals surface area contributed by atoms with E-state index >= 15 is 0 Å². The zero-order chi connectivity index (χ0) is 12.0. The van der Waals surface area contributed by atoms with E-state index in [4.69, 9.17) is 0 Å². The Kier molecular flexibility index (Phi) is 2.99. The molecule has 17 heavy (non-hydrogen) atoms. The van der Waals surface area contributed by atoms with Crippen molar-refractivity contribution in [2.45, 2.75) is 63.5 Å². The van der Waals surface area contributed by atoms with Gasteiger partial charge < -0.3 is 10.0 Å². The van der Waals surface area contributed by atoms with E-state index in [2.05, 4.69) is 11.9 Å². The summed E-state index contributed by atoms with van der Waals surface area (Å²) in [5.41, 5.74) is 0.517. The van der Waals surface area contributed by atoms with Crippen LogP contribution in [0, 0.1) is 17.8 Å². The Hall–Kier alpha value is -0.0800. The van der Waals surface area contributed by atoms with Crippen LogP contribution in [0.25, 0.3) is 0 Å². The highest BCUT2D eigenvalue weighted by molar-refractivity contribution is 5.06. The van der Waals surface area contributed by atoms with Crippen molar-refractivity contribution in [2.24, 2.45) is 17.8 Å². The van der Waals surface area contributed by atoms with Crippen LogP contribution < -0.4 is 0 Å². The summed E-state index contributed by atoms with van der Waals surface area (Å²) >= 11 is 0. The first-order valence-corrected chi connectivity index (χ1v) is 7.47. The van der Waals surface area contributed by atoms with Crippen LogP contribution in [0.15, 0.2) is 0 Å². The third-order valence-electron chi connectivity index (χ3n) is 5.70. The second-order valence-electron chi connectivity index (χ2n) is 7.20. The minimum absolute atomic E-state index is 0.147. The van der Waals surface area contributed by atoms with Crippen molar-refractivity contribution in [3.8, 4) is 0 Å². The van der Waals surface area contributed by atoms with Crippen molar-refractivity contribution in [2.75, 3.05) is 13.6 Å². The van der Waals surface area contributed by atoms with Gasteiger partial charge in [-0.05, 0) is 76.7 Å². The molecular formula is C15H27NO. The molecule has 4 rings (SSSR count). The van der Waals surface area contributed by atoms with Gasteiger partial charge in [-0.1, -0.05) is 0 Å². The molecule has 4 fully saturated rings. The predicted octanol–water partition coefficient (Wildman–Crippen LogP) is 2.66. The fourth-order valence-electron chi connectivity index (χ4n) is 5.15. The van der Waals surface area contributed by atoms with E-state index in [0.717, 1.165) is 30.7 Å². The third-order valence-corrected chi connectivity index (χ3v) is 5.70. The van der Waals surface area contributed by atoms with Gasteiger partial charge in [0.1, 0.15) is 0 Å². The van der Waals surface area contributed by atoms with Crippen molar-refractivity contribution in [3.63, 3.8) is 0 Å². The number of hydrogen-bond donors (Lipinski definition) is 1. The van der Waals surface area contributed by atoms with Gasteiger partial charge in [-0.25, -0.2) is 0 Å². The van der Waals surface area contributed by atoms with Gasteiger partial charge in [0.05, 0.1) is 6.10 Å². The van der Waals surface area contributed by atoms with Crippen LogP contribution in [0.2, 0.25) is 0 Å². The number of hydrogen-bond acceptors (Lipinski definition) is 2. The van der Waals surface area contributed by atoms with Gasteiger partial charge in [0.15, 0.2) is 0 Å². The molecule has 4 saturated carbocycles. The smallest absolute Gasteiger partial charge is 0.0524 e. The van der Waals surface area contributed by atoms with E-state index in [1.807, 2.05) is 6.92 Å². The lowest BCUT2D eigenvalue weighted by atomic mass is 9.52. The Morgan fingerprint density at radius 2 is 1.59 bits per heavy atom. The van der Waals surface area contributed by atoms with Crippen LogP contribution in [0.5, 0.6) is 0 Å². The molecule has 0 heterocycles. The minimum Gasteiger partial charge on any atom is -0.393 e. The van der Waals surface area contributed by atoms with Gasteiger partial charge in [-0.15, -0.1) is 0 Å². The molecule has 1 unspecified atom stereocenters. The molecule has 98 valence electrons. The molecule has 0 aromatic rings. The van der Waals surface area contributed by atoms with Crippen molar-refractivity contribution >= 4 is 0 Å². The normalized spacial score (nSPS) is 45.5. The quantitative estimate of drug-likeness (QED) is 0.812. The first-order chi connectivity index (χ1) is 8.07. The fourth-order valence-corrected chi connectivity index (χ4v) is 5.15. The van der Waals surface area contributed by atoms with Gasteiger partial charge in [0, 0.05) is 12.1 Å². The summed E-state index contributed by atoms with van der Waals surface area (Å²) < 4.78 is 0. The molecular weight excluding hydrogens is 210 g/mol. The highest BCUT2D eigenvalue weighted by Gasteiger charge is 2.52. The summed E-state index contributed by atoms with van der Waals surface area (Å²) in [7, 11) is 2.30. The lowest BCUT2D eigenvalue weighted by Gasteiger charge is -2.60. The van der Waals surface area contributed by atoms with E-state index < -0.39 is 0 Å². The third kappa shape index (κ3) is 2.15. The van der Waals surface area contributed by atoms with Crippen molar-refractivity contribution in [1.29, 1.82) is 0 Å². The Morgan fingerprint density at radius 3 is 2.00 bits per heavy atom. The molecule has 0 aromatic heterocycles. The standard InChI is InChI=1S/C15H27NO/c1-11(17)3-4-16(2)15-8-12-5-13(9-15)7-14(6-12)10-15/h11-14,17H,3-10H2,1-2H3.